The first-order valence-electron chi connectivity index (χ1n) is 10.6. The number of nitrogens with one attached hydrogen (secondary N) is 1. The lowest BCUT2D eigenvalue weighted by Gasteiger charge is -2.32. The Bertz CT molecular complexity index is 1080. The smallest absolute Gasteiger partial charge is 0.244 e. The van der Waals surface area contributed by atoms with Crippen molar-refractivity contribution in [3.05, 3.63) is 64.7 Å². The molecular weight excluding hydrogens is 426 g/mol. The van der Waals surface area contributed by atoms with Crippen LogP contribution < -0.4 is 9.62 Å². The van der Waals surface area contributed by atoms with Gasteiger partial charge in [0.15, 0.2) is 0 Å². The molecule has 8 heteroatoms. The molecule has 0 bridgehead atoms. The molecule has 1 atom stereocenters. The zero-order valence-electron chi connectivity index (χ0n) is 19.7. The van der Waals surface area contributed by atoms with Crippen LogP contribution in [0.15, 0.2) is 42.5 Å². The van der Waals surface area contributed by atoms with Gasteiger partial charge in [0.05, 0.1) is 11.9 Å². The van der Waals surface area contributed by atoms with E-state index >= 15 is 0 Å². The van der Waals surface area contributed by atoms with E-state index < -0.39 is 28.5 Å². The van der Waals surface area contributed by atoms with Crippen molar-refractivity contribution in [2.45, 2.75) is 47.2 Å². The molecule has 0 radical (unpaired) electrons. The first-order chi connectivity index (χ1) is 14.9. The second-order valence-corrected chi connectivity index (χ2v) is 10.0. The van der Waals surface area contributed by atoms with E-state index in [0.29, 0.717) is 12.2 Å². The second kappa shape index (κ2) is 10.6. The Kier molecular flexibility index (Phi) is 8.44. The molecule has 7 nitrogen and oxygen atoms in total. The Morgan fingerprint density at radius 1 is 1.03 bits per heavy atom. The molecule has 0 aliphatic carbocycles. The lowest BCUT2D eigenvalue weighted by Crippen LogP contribution is -2.51. The topological polar surface area (TPSA) is 86.8 Å². The molecule has 2 amide bonds. The monoisotopic (exact) mass is 459 g/mol. The van der Waals surface area contributed by atoms with Gasteiger partial charge in [-0.2, -0.15) is 0 Å². The zero-order chi connectivity index (χ0) is 24.1. The molecule has 1 N–H and O–H groups in total. The van der Waals surface area contributed by atoms with Gasteiger partial charge < -0.3 is 10.2 Å². The van der Waals surface area contributed by atoms with Crippen molar-refractivity contribution in [2.24, 2.45) is 0 Å². The number of nitrogens with zero attached hydrogens (tertiary/aromatic N) is 2. The molecule has 0 heterocycles. The standard InChI is InChI=1S/C24H33N3O4S/c1-7-25-24(29)20(5)26(15-21-10-8-9-17(2)14-21)23(28)16-27(32(6,30)31)22-12-11-18(3)13-19(22)4/h8-14,20H,7,15-16H2,1-6H3,(H,25,29)/t20-/m1/s1. The molecule has 0 aliphatic heterocycles. The molecule has 32 heavy (non-hydrogen) atoms. The average Bonchev–Trinajstić information content (AvgIpc) is 2.69. The fraction of sp³-hybridized carbons (Fsp3) is 0.417. The van der Waals surface area contributed by atoms with Gasteiger partial charge in [-0.25, -0.2) is 8.42 Å². The van der Waals surface area contributed by atoms with Crippen molar-refractivity contribution >= 4 is 27.5 Å². The number of carbonyl (C=O) groups is 2. The molecule has 2 aromatic carbocycles. The van der Waals surface area contributed by atoms with E-state index in [2.05, 4.69) is 5.32 Å². The highest BCUT2D eigenvalue weighted by molar-refractivity contribution is 7.92. The number of anilines is 1. The molecule has 0 fully saturated rings. The molecule has 2 rings (SSSR count). The average molecular weight is 460 g/mol. The third-order valence-corrected chi connectivity index (χ3v) is 6.38. The normalized spacial score (nSPS) is 12.2. The summed E-state index contributed by atoms with van der Waals surface area (Å²) in [6.45, 7) is 9.39. The molecule has 0 spiro atoms. The molecule has 0 aromatic heterocycles. The summed E-state index contributed by atoms with van der Waals surface area (Å²) in [5.41, 5.74) is 4.11. The largest absolute Gasteiger partial charge is 0.355 e. The summed E-state index contributed by atoms with van der Waals surface area (Å²) < 4.78 is 26.3. The Morgan fingerprint density at radius 2 is 1.69 bits per heavy atom. The fourth-order valence-electron chi connectivity index (χ4n) is 3.59. The molecule has 2 aromatic rings. The van der Waals surface area contributed by atoms with Crippen LogP contribution in [0, 0.1) is 20.8 Å². The predicted octanol–water partition coefficient (Wildman–Crippen LogP) is 2.93. The Morgan fingerprint density at radius 3 is 2.25 bits per heavy atom. The van der Waals surface area contributed by atoms with Gasteiger partial charge in [0.25, 0.3) is 0 Å². The minimum Gasteiger partial charge on any atom is -0.355 e. The van der Waals surface area contributed by atoms with Gasteiger partial charge >= 0.3 is 0 Å². The number of likely N-dealkylation sites (N-methyl/N-ethyl adjacent to an activating group) is 1. The number of carbonyl (C=O) groups excluding carboxylic acids is 2. The lowest BCUT2D eigenvalue weighted by atomic mass is 10.1. The van der Waals surface area contributed by atoms with Crippen LogP contribution in [-0.2, 0) is 26.2 Å². The van der Waals surface area contributed by atoms with E-state index in [1.165, 1.54) is 4.90 Å². The van der Waals surface area contributed by atoms with E-state index in [1.807, 2.05) is 64.1 Å². The second-order valence-electron chi connectivity index (χ2n) is 8.14. The Labute approximate surface area is 191 Å². The van der Waals surface area contributed by atoms with Crippen LogP contribution in [-0.4, -0.2) is 50.5 Å². The van der Waals surface area contributed by atoms with Crippen LogP contribution in [0.1, 0.15) is 36.1 Å². The molecule has 0 saturated heterocycles. The minimum atomic E-state index is -3.73. The van der Waals surface area contributed by atoms with Crippen molar-refractivity contribution in [3.8, 4) is 0 Å². The lowest BCUT2D eigenvalue weighted by molar-refractivity contribution is -0.139. The van der Waals surface area contributed by atoms with E-state index in [0.717, 1.165) is 32.8 Å². The van der Waals surface area contributed by atoms with Gasteiger partial charge in [-0.1, -0.05) is 47.5 Å². The summed E-state index contributed by atoms with van der Waals surface area (Å²) >= 11 is 0. The van der Waals surface area contributed by atoms with Gasteiger partial charge in [0, 0.05) is 13.1 Å². The highest BCUT2D eigenvalue weighted by Gasteiger charge is 2.30. The minimum absolute atomic E-state index is 0.198. The molecular formula is C24H33N3O4S. The maximum atomic E-state index is 13.4. The number of sulfonamides is 1. The van der Waals surface area contributed by atoms with Crippen LogP contribution in [0.5, 0.6) is 0 Å². The molecule has 0 saturated carbocycles. The van der Waals surface area contributed by atoms with E-state index in [9.17, 15) is 18.0 Å². The SMILES string of the molecule is CCNC(=O)[C@@H](C)N(Cc1cccc(C)c1)C(=O)CN(c1ccc(C)cc1C)S(C)(=O)=O. The summed E-state index contributed by atoms with van der Waals surface area (Å²) in [6, 6.07) is 12.3. The summed E-state index contributed by atoms with van der Waals surface area (Å²) in [4.78, 5) is 27.4. The van der Waals surface area contributed by atoms with Crippen molar-refractivity contribution in [1.82, 2.24) is 10.2 Å². The van der Waals surface area contributed by atoms with E-state index in [-0.39, 0.29) is 12.5 Å². The first kappa shape index (κ1) is 25.4. The van der Waals surface area contributed by atoms with Crippen molar-refractivity contribution in [3.63, 3.8) is 0 Å². The first-order valence-corrected chi connectivity index (χ1v) is 12.5. The van der Waals surface area contributed by atoms with Gasteiger partial charge in [-0.3, -0.25) is 13.9 Å². The molecule has 0 aliphatic rings. The van der Waals surface area contributed by atoms with Crippen LogP contribution >= 0.6 is 0 Å². The highest BCUT2D eigenvalue weighted by Crippen LogP contribution is 2.24. The van der Waals surface area contributed by atoms with Crippen molar-refractivity contribution in [1.29, 1.82) is 0 Å². The van der Waals surface area contributed by atoms with Gasteiger partial charge in [-0.05, 0) is 51.8 Å². The number of benzene rings is 2. The summed E-state index contributed by atoms with van der Waals surface area (Å²) in [6.07, 6.45) is 1.08. The predicted molar refractivity (Wildman–Crippen MR) is 128 cm³/mol. The highest BCUT2D eigenvalue weighted by atomic mass is 32.2. The fourth-order valence-corrected chi connectivity index (χ4v) is 4.50. The number of amides is 2. The summed E-state index contributed by atoms with van der Waals surface area (Å²) in [7, 11) is -3.73. The van der Waals surface area contributed by atoms with Crippen molar-refractivity contribution in [2.75, 3.05) is 23.7 Å². The van der Waals surface area contributed by atoms with Crippen LogP contribution in [0.2, 0.25) is 0 Å². The van der Waals surface area contributed by atoms with Gasteiger partial charge in [-0.15, -0.1) is 0 Å². The zero-order valence-corrected chi connectivity index (χ0v) is 20.5. The number of aryl methyl sites for hydroxylation is 3. The number of hydrogen-bond donors (Lipinski definition) is 1. The molecule has 0 unspecified atom stereocenters. The van der Waals surface area contributed by atoms with E-state index in [4.69, 9.17) is 0 Å². The van der Waals surface area contributed by atoms with Crippen LogP contribution in [0.25, 0.3) is 0 Å². The number of rotatable bonds is 9. The van der Waals surface area contributed by atoms with Crippen molar-refractivity contribution < 1.29 is 18.0 Å². The van der Waals surface area contributed by atoms with Gasteiger partial charge in [0.2, 0.25) is 21.8 Å². The maximum Gasteiger partial charge on any atom is 0.244 e. The third-order valence-electron chi connectivity index (χ3n) is 5.25. The number of hydrogen-bond acceptors (Lipinski definition) is 4. The van der Waals surface area contributed by atoms with Crippen LogP contribution in [0.4, 0.5) is 5.69 Å². The molecule has 174 valence electrons. The van der Waals surface area contributed by atoms with E-state index in [1.54, 1.807) is 13.0 Å². The quantitative estimate of drug-likeness (QED) is 0.625. The van der Waals surface area contributed by atoms with Gasteiger partial charge in [0.1, 0.15) is 12.6 Å². The summed E-state index contributed by atoms with van der Waals surface area (Å²) in [5.74, 6) is -0.735. The maximum absolute atomic E-state index is 13.4. The Hall–Kier alpha value is -2.87. The third kappa shape index (κ3) is 6.56. The Balaban J connectivity index is 2.42. The summed E-state index contributed by atoms with van der Waals surface area (Å²) in [5, 5.41) is 2.74. The van der Waals surface area contributed by atoms with Crippen LogP contribution in [0.3, 0.4) is 0 Å².